The molecule has 0 aliphatic rings. The largest absolute Gasteiger partial charge is 0.494 e. The van der Waals surface area contributed by atoms with Crippen molar-refractivity contribution in [3.05, 3.63) is 29.8 Å². The summed E-state index contributed by atoms with van der Waals surface area (Å²) in [6, 6.07) is 7.18. The highest BCUT2D eigenvalue weighted by atomic mass is 19.1. The number of rotatable bonds is 5. The van der Waals surface area contributed by atoms with E-state index in [9.17, 15) is 4.39 Å². The van der Waals surface area contributed by atoms with Crippen molar-refractivity contribution in [1.29, 1.82) is 0 Å². The molecule has 84 valence electrons. The molecule has 0 spiro atoms. The minimum atomic E-state index is -1.36. The highest BCUT2D eigenvalue weighted by molar-refractivity contribution is 5.32. The lowest BCUT2D eigenvalue weighted by atomic mass is 9.98. The van der Waals surface area contributed by atoms with Gasteiger partial charge < -0.3 is 10.1 Å². The Morgan fingerprint density at radius 3 is 2.80 bits per heavy atom. The number of nitrogens with one attached hydrogen (secondary N) is 1. The molecule has 1 rings (SSSR count). The zero-order valence-electron chi connectivity index (χ0n) is 9.51. The number of ether oxygens (including phenoxy) is 1. The molecule has 3 heteroatoms. The number of benzene rings is 1. The number of alkyl halides is 1. The van der Waals surface area contributed by atoms with Crippen molar-refractivity contribution in [2.45, 2.75) is 19.5 Å². The minimum Gasteiger partial charge on any atom is -0.494 e. The average Bonchev–Trinajstić information content (AvgIpc) is 2.19. The molecule has 0 heterocycles. The Balaban J connectivity index is 2.88. The van der Waals surface area contributed by atoms with Crippen LogP contribution in [0.25, 0.3) is 0 Å². The van der Waals surface area contributed by atoms with E-state index in [0.717, 1.165) is 5.75 Å². The highest BCUT2D eigenvalue weighted by Crippen LogP contribution is 2.27. The predicted molar refractivity (Wildman–Crippen MR) is 60.0 cm³/mol. The van der Waals surface area contributed by atoms with Gasteiger partial charge in [-0.15, -0.1) is 0 Å². The third-order valence-corrected chi connectivity index (χ3v) is 2.26. The minimum absolute atomic E-state index is 0.294. The third-order valence-electron chi connectivity index (χ3n) is 2.26. The predicted octanol–water partition coefficient (Wildman–Crippen LogP) is 2.49. The SMILES string of the molecule is CCOc1cccc(C(C)(F)CNC)c1. The Morgan fingerprint density at radius 2 is 2.20 bits per heavy atom. The Labute approximate surface area is 90.4 Å². The van der Waals surface area contributed by atoms with Crippen molar-refractivity contribution in [2.75, 3.05) is 20.2 Å². The van der Waals surface area contributed by atoms with E-state index >= 15 is 0 Å². The summed E-state index contributed by atoms with van der Waals surface area (Å²) in [5.41, 5.74) is -0.718. The van der Waals surface area contributed by atoms with Gasteiger partial charge in [0.25, 0.3) is 0 Å². The van der Waals surface area contributed by atoms with Crippen LogP contribution in [-0.2, 0) is 5.67 Å². The van der Waals surface area contributed by atoms with Gasteiger partial charge >= 0.3 is 0 Å². The van der Waals surface area contributed by atoms with Crippen LogP contribution in [0.2, 0.25) is 0 Å². The molecule has 0 fully saturated rings. The van der Waals surface area contributed by atoms with Gasteiger partial charge in [-0.1, -0.05) is 12.1 Å². The van der Waals surface area contributed by atoms with Crippen molar-refractivity contribution >= 4 is 0 Å². The summed E-state index contributed by atoms with van der Waals surface area (Å²) in [5.74, 6) is 0.718. The molecule has 0 radical (unpaired) electrons. The first kappa shape index (κ1) is 12.0. The van der Waals surface area contributed by atoms with Gasteiger partial charge in [-0.05, 0) is 38.6 Å². The van der Waals surface area contributed by atoms with Gasteiger partial charge in [0.15, 0.2) is 0 Å². The van der Waals surface area contributed by atoms with Gasteiger partial charge in [-0.25, -0.2) is 4.39 Å². The molecular weight excluding hydrogens is 193 g/mol. The van der Waals surface area contributed by atoms with E-state index in [0.29, 0.717) is 18.7 Å². The molecule has 1 aromatic carbocycles. The lowest BCUT2D eigenvalue weighted by Gasteiger charge is -2.21. The number of hydrogen-bond donors (Lipinski definition) is 1. The normalized spacial score (nSPS) is 14.7. The lowest BCUT2D eigenvalue weighted by molar-refractivity contribution is 0.190. The lowest BCUT2D eigenvalue weighted by Crippen LogP contribution is -2.29. The van der Waals surface area contributed by atoms with Crippen LogP contribution in [0.5, 0.6) is 5.75 Å². The molecule has 2 nitrogen and oxygen atoms in total. The van der Waals surface area contributed by atoms with E-state index in [2.05, 4.69) is 5.32 Å². The quantitative estimate of drug-likeness (QED) is 0.808. The summed E-state index contributed by atoms with van der Waals surface area (Å²) in [7, 11) is 1.74. The molecule has 1 atom stereocenters. The Bertz CT molecular complexity index is 312. The summed E-state index contributed by atoms with van der Waals surface area (Å²) in [5, 5.41) is 2.84. The second-order valence-electron chi connectivity index (χ2n) is 3.69. The van der Waals surface area contributed by atoms with E-state index in [1.807, 2.05) is 19.1 Å². The van der Waals surface area contributed by atoms with E-state index < -0.39 is 5.67 Å². The van der Waals surface area contributed by atoms with Gasteiger partial charge in [0.05, 0.1) is 6.61 Å². The second-order valence-corrected chi connectivity index (χ2v) is 3.69. The molecule has 0 bridgehead atoms. The molecule has 1 N–H and O–H groups in total. The van der Waals surface area contributed by atoms with Crippen molar-refractivity contribution < 1.29 is 9.13 Å². The number of hydrogen-bond acceptors (Lipinski definition) is 2. The monoisotopic (exact) mass is 211 g/mol. The zero-order chi connectivity index (χ0) is 11.3. The topological polar surface area (TPSA) is 21.3 Å². The maximum absolute atomic E-state index is 14.1. The van der Waals surface area contributed by atoms with E-state index in [1.54, 1.807) is 26.1 Å². The summed E-state index contributed by atoms with van der Waals surface area (Å²) in [4.78, 5) is 0. The van der Waals surface area contributed by atoms with Crippen LogP contribution in [0.1, 0.15) is 19.4 Å². The van der Waals surface area contributed by atoms with Crippen LogP contribution in [0.15, 0.2) is 24.3 Å². The van der Waals surface area contributed by atoms with Gasteiger partial charge in [0.2, 0.25) is 0 Å². The van der Waals surface area contributed by atoms with Crippen LogP contribution in [0.3, 0.4) is 0 Å². The zero-order valence-corrected chi connectivity index (χ0v) is 9.51. The smallest absolute Gasteiger partial charge is 0.145 e. The van der Waals surface area contributed by atoms with Gasteiger partial charge in [-0.3, -0.25) is 0 Å². The number of likely N-dealkylation sites (N-methyl/N-ethyl adjacent to an activating group) is 1. The van der Waals surface area contributed by atoms with Crippen LogP contribution < -0.4 is 10.1 Å². The summed E-state index contributed by atoms with van der Waals surface area (Å²) in [6.45, 7) is 4.37. The molecule has 1 aromatic rings. The molecule has 0 aliphatic carbocycles. The van der Waals surface area contributed by atoms with E-state index in [-0.39, 0.29) is 0 Å². The van der Waals surface area contributed by atoms with Gasteiger partial charge in [0.1, 0.15) is 11.4 Å². The maximum atomic E-state index is 14.1. The first-order chi connectivity index (χ1) is 7.10. The van der Waals surface area contributed by atoms with Crippen LogP contribution in [0, 0.1) is 0 Å². The first-order valence-electron chi connectivity index (χ1n) is 5.17. The highest BCUT2D eigenvalue weighted by Gasteiger charge is 2.24. The molecule has 0 saturated carbocycles. The average molecular weight is 211 g/mol. The van der Waals surface area contributed by atoms with Gasteiger partial charge in [-0.2, -0.15) is 0 Å². The van der Waals surface area contributed by atoms with E-state index in [1.165, 1.54) is 0 Å². The Kier molecular flexibility index (Phi) is 4.09. The maximum Gasteiger partial charge on any atom is 0.145 e. The molecule has 0 aliphatic heterocycles. The van der Waals surface area contributed by atoms with Crippen LogP contribution >= 0.6 is 0 Å². The Hall–Kier alpha value is -1.09. The first-order valence-corrected chi connectivity index (χ1v) is 5.17. The Morgan fingerprint density at radius 1 is 1.47 bits per heavy atom. The summed E-state index contributed by atoms with van der Waals surface area (Å²) >= 11 is 0. The molecular formula is C12H18FNO. The molecule has 0 saturated heterocycles. The van der Waals surface area contributed by atoms with Crippen LogP contribution in [0.4, 0.5) is 4.39 Å². The molecule has 0 aromatic heterocycles. The van der Waals surface area contributed by atoms with Crippen molar-refractivity contribution in [1.82, 2.24) is 5.32 Å². The third kappa shape index (κ3) is 3.20. The van der Waals surface area contributed by atoms with Crippen LogP contribution in [-0.4, -0.2) is 20.2 Å². The van der Waals surface area contributed by atoms with Crippen molar-refractivity contribution in [3.8, 4) is 5.75 Å². The second kappa shape index (κ2) is 5.12. The van der Waals surface area contributed by atoms with E-state index in [4.69, 9.17) is 4.74 Å². The number of halogens is 1. The standard InChI is InChI=1S/C12H18FNO/c1-4-15-11-7-5-6-10(8-11)12(2,13)9-14-3/h5-8,14H,4,9H2,1-3H3. The fourth-order valence-electron chi connectivity index (χ4n) is 1.51. The fourth-order valence-corrected chi connectivity index (χ4v) is 1.51. The molecule has 0 amide bonds. The summed E-state index contributed by atoms with van der Waals surface area (Å²) in [6.07, 6.45) is 0. The van der Waals surface area contributed by atoms with Crippen molar-refractivity contribution in [3.63, 3.8) is 0 Å². The molecule has 15 heavy (non-hydrogen) atoms. The van der Waals surface area contributed by atoms with Crippen molar-refractivity contribution in [2.24, 2.45) is 0 Å². The summed E-state index contributed by atoms with van der Waals surface area (Å²) < 4.78 is 19.5. The van der Waals surface area contributed by atoms with Gasteiger partial charge in [0, 0.05) is 6.54 Å². The molecule has 1 unspecified atom stereocenters. The fraction of sp³-hybridized carbons (Fsp3) is 0.500.